The van der Waals surface area contributed by atoms with Gasteiger partial charge in [0, 0.05) is 5.69 Å². The Balaban J connectivity index is 2.22. The van der Waals surface area contributed by atoms with Crippen LogP contribution in [-0.2, 0) is 9.53 Å². The molecule has 21 heavy (non-hydrogen) atoms. The number of aromatic nitrogens is 1. The molecule has 1 saturated heterocycles. The van der Waals surface area contributed by atoms with E-state index >= 15 is 0 Å². The molecule has 0 atom stereocenters. The van der Waals surface area contributed by atoms with Crippen LogP contribution in [0.25, 0.3) is 0 Å². The fourth-order valence-electron chi connectivity index (χ4n) is 2.06. The summed E-state index contributed by atoms with van der Waals surface area (Å²) in [4.78, 5) is 37.3. The number of nitrogens with one attached hydrogen (secondary N) is 2. The standard InChI is InChI=1S/C13H16N4O4/c1-4-21-12(19)11-7(2)9(15-8(11)3)5-14-17-6-10(18)16-13(17)20/h5,15H,4,6H2,1-3H3,(H,16,18,20)/b14-5+. The number of imide groups is 1. The molecule has 1 fully saturated rings. The topological polar surface area (TPSA) is 104 Å². The summed E-state index contributed by atoms with van der Waals surface area (Å²) in [7, 11) is 0. The van der Waals surface area contributed by atoms with Gasteiger partial charge in [0.15, 0.2) is 0 Å². The third-order valence-corrected chi connectivity index (χ3v) is 3.06. The molecule has 1 aromatic heterocycles. The van der Waals surface area contributed by atoms with Gasteiger partial charge in [-0.2, -0.15) is 5.10 Å². The molecule has 1 aliphatic heterocycles. The first-order valence-corrected chi connectivity index (χ1v) is 6.45. The van der Waals surface area contributed by atoms with Crippen molar-refractivity contribution in [1.29, 1.82) is 0 Å². The molecule has 2 N–H and O–H groups in total. The van der Waals surface area contributed by atoms with Crippen LogP contribution in [0.1, 0.15) is 34.2 Å². The van der Waals surface area contributed by atoms with Crippen LogP contribution in [-0.4, -0.2) is 47.3 Å². The smallest absolute Gasteiger partial charge is 0.344 e. The van der Waals surface area contributed by atoms with Crippen molar-refractivity contribution >= 4 is 24.1 Å². The summed E-state index contributed by atoms with van der Waals surface area (Å²) in [6, 6.07) is -0.567. The molecule has 0 unspecified atom stereocenters. The number of H-pyrrole nitrogens is 1. The summed E-state index contributed by atoms with van der Waals surface area (Å²) in [6.07, 6.45) is 1.41. The fraction of sp³-hybridized carbons (Fsp3) is 0.385. The molecule has 1 aliphatic rings. The average molecular weight is 292 g/mol. The number of nitrogens with zero attached hydrogens (tertiary/aromatic N) is 2. The number of carbonyl (C=O) groups excluding carboxylic acids is 3. The number of hydrogen-bond acceptors (Lipinski definition) is 5. The normalized spacial score (nSPS) is 14.9. The van der Waals surface area contributed by atoms with E-state index < -0.39 is 17.9 Å². The summed E-state index contributed by atoms with van der Waals surface area (Å²) in [5.74, 6) is -0.804. The van der Waals surface area contributed by atoms with Gasteiger partial charge >= 0.3 is 12.0 Å². The van der Waals surface area contributed by atoms with E-state index in [1.54, 1.807) is 20.8 Å². The Morgan fingerprint density at radius 1 is 1.43 bits per heavy atom. The van der Waals surface area contributed by atoms with Crippen LogP contribution >= 0.6 is 0 Å². The molecular weight excluding hydrogens is 276 g/mol. The van der Waals surface area contributed by atoms with Crippen LogP contribution in [0.3, 0.4) is 0 Å². The molecule has 0 radical (unpaired) electrons. The Morgan fingerprint density at radius 2 is 2.14 bits per heavy atom. The van der Waals surface area contributed by atoms with Gasteiger partial charge in [-0.25, -0.2) is 14.6 Å². The summed E-state index contributed by atoms with van der Waals surface area (Å²) >= 11 is 0. The van der Waals surface area contributed by atoms with Gasteiger partial charge in [0.2, 0.25) is 5.91 Å². The highest BCUT2D eigenvalue weighted by molar-refractivity contribution is 6.02. The monoisotopic (exact) mass is 292 g/mol. The van der Waals surface area contributed by atoms with Gasteiger partial charge in [-0.05, 0) is 26.3 Å². The van der Waals surface area contributed by atoms with Crippen molar-refractivity contribution in [2.24, 2.45) is 5.10 Å². The molecule has 0 aromatic carbocycles. The Bertz CT molecular complexity index is 632. The predicted octanol–water partition coefficient (Wildman–Crippen LogP) is 0.694. The lowest BCUT2D eigenvalue weighted by atomic mass is 10.1. The zero-order valence-electron chi connectivity index (χ0n) is 12.0. The van der Waals surface area contributed by atoms with Crippen molar-refractivity contribution in [3.05, 3.63) is 22.5 Å². The first kappa shape index (κ1) is 14.8. The van der Waals surface area contributed by atoms with Gasteiger partial charge in [-0.1, -0.05) is 0 Å². The van der Waals surface area contributed by atoms with Crippen molar-refractivity contribution in [2.75, 3.05) is 13.2 Å². The molecule has 2 heterocycles. The van der Waals surface area contributed by atoms with E-state index in [0.29, 0.717) is 29.1 Å². The van der Waals surface area contributed by atoms with E-state index in [4.69, 9.17) is 4.74 Å². The Kier molecular flexibility index (Phi) is 4.06. The molecule has 0 bridgehead atoms. The number of urea groups is 1. The number of ether oxygens (including phenoxy) is 1. The first-order chi connectivity index (χ1) is 9.93. The zero-order chi connectivity index (χ0) is 15.6. The third-order valence-electron chi connectivity index (χ3n) is 3.06. The quantitative estimate of drug-likeness (QED) is 0.484. The minimum Gasteiger partial charge on any atom is -0.462 e. The summed E-state index contributed by atoms with van der Waals surface area (Å²) in [5.41, 5.74) is 2.39. The number of aryl methyl sites for hydroxylation is 1. The first-order valence-electron chi connectivity index (χ1n) is 6.45. The van der Waals surface area contributed by atoms with E-state index in [1.807, 2.05) is 0 Å². The van der Waals surface area contributed by atoms with Crippen LogP contribution < -0.4 is 5.32 Å². The highest BCUT2D eigenvalue weighted by Crippen LogP contribution is 2.18. The second-order valence-corrected chi connectivity index (χ2v) is 4.54. The molecule has 0 aliphatic carbocycles. The van der Waals surface area contributed by atoms with Gasteiger partial charge in [0.1, 0.15) is 6.54 Å². The van der Waals surface area contributed by atoms with E-state index in [0.717, 1.165) is 5.01 Å². The predicted molar refractivity (Wildman–Crippen MR) is 74.1 cm³/mol. The fourth-order valence-corrected chi connectivity index (χ4v) is 2.06. The molecule has 3 amide bonds. The molecule has 1 aromatic rings. The number of hydrogen-bond donors (Lipinski definition) is 2. The van der Waals surface area contributed by atoms with Crippen LogP contribution in [0.2, 0.25) is 0 Å². The number of aromatic amines is 1. The van der Waals surface area contributed by atoms with E-state index in [1.165, 1.54) is 6.21 Å². The maximum absolute atomic E-state index is 11.8. The maximum atomic E-state index is 11.8. The highest BCUT2D eigenvalue weighted by atomic mass is 16.5. The second-order valence-electron chi connectivity index (χ2n) is 4.54. The van der Waals surface area contributed by atoms with E-state index in [9.17, 15) is 14.4 Å². The molecule has 0 saturated carbocycles. The number of amides is 3. The SMILES string of the molecule is CCOC(=O)c1c(C)[nH]c(/C=N/N2CC(=O)NC2=O)c1C. The summed E-state index contributed by atoms with van der Waals surface area (Å²) in [6.45, 7) is 5.43. The van der Waals surface area contributed by atoms with E-state index in [2.05, 4.69) is 15.4 Å². The molecule has 2 rings (SSSR count). The highest BCUT2D eigenvalue weighted by Gasteiger charge is 2.26. The van der Waals surface area contributed by atoms with Crippen molar-refractivity contribution in [3.8, 4) is 0 Å². The molecule has 8 nitrogen and oxygen atoms in total. The summed E-state index contributed by atoms with van der Waals surface area (Å²) in [5, 5.41) is 7.07. The Hall–Kier alpha value is -2.64. The van der Waals surface area contributed by atoms with Gasteiger partial charge < -0.3 is 9.72 Å². The maximum Gasteiger partial charge on any atom is 0.344 e. The van der Waals surface area contributed by atoms with Gasteiger partial charge in [-0.15, -0.1) is 0 Å². The Labute approximate surface area is 121 Å². The number of hydrazone groups is 1. The van der Waals surface area contributed by atoms with Crippen LogP contribution in [0, 0.1) is 13.8 Å². The van der Waals surface area contributed by atoms with Crippen LogP contribution in [0.4, 0.5) is 4.79 Å². The summed E-state index contributed by atoms with van der Waals surface area (Å²) < 4.78 is 4.99. The van der Waals surface area contributed by atoms with Gasteiger partial charge in [0.25, 0.3) is 0 Å². The van der Waals surface area contributed by atoms with Gasteiger partial charge in [0.05, 0.1) is 24.1 Å². The minimum absolute atomic E-state index is 0.112. The number of esters is 1. The molecule has 8 heteroatoms. The van der Waals surface area contributed by atoms with Crippen molar-refractivity contribution in [3.63, 3.8) is 0 Å². The molecule has 112 valence electrons. The van der Waals surface area contributed by atoms with Crippen molar-refractivity contribution in [1.82, 2.24) is 15.3 Å². The minimum atomic E-state index is -0.567. The van der Waals surface area contributed by atoms with Crippen molar-refractivity contribution < 1.29 is 19.1 Å². The number of rotatable bonds is 4. The van der Waals surface area contributed by atoms with Crippen LogP contribution in [0.5, 0.6) is 0 Å². The zero-order valence-corrected chi connectivity index (χ0v) is 12.0. The number of carbonyl (C=O) groups is 3. The Morgan fingerprint density at radius 3 is 2.71 bits per heavy atom. The molecular formula is C13H16N4O4. The average Bonchev–Trinajstić information content (AvgIpc) is 2.87. The van der Waals surface area contributed by atoms with E-state index in [-0.39, 0.29) is 6.54 Å². The largest absolute Gasteiger partial charge is 0.462 e. The lowest BCUT2D eigenvalue weighted by Crippen LogP contribution is -2.24. The third kappa shape index (κ3) is 2.93. The lowest BCUT2D eigenvalue weighted by molar-refractivity contribution is -0.118. The lowest BCUT2D eigenvalue weighted by Gasteiger charge is -2.04. The van der Waals surface area contributed by atoms with Crippen LogP contribution in [0.15, 0.2) is 5.10 Å². The van der Waals surface area contributed by atoms with Crippen molar-refractivity contribution in [2.45, 2.75) is 20.8 Å². The second kappa shape index (κ2) is 5.78. The molecule has 0 spiro atoms. The van der Waals surface area contributed by atoms with Gasteiger partial charge in [-0.3, -0.25) is 10.1 Å².